The number of hydrogen-bond donors (Lipinski definition) is 2. The van der Waals surface area contributed by atoms with Gasteiger partial charge in [0.25, 0.3) is 0 Å². The molecule has 0 unspecified atom stereocenters. The summed E-state index contributed by atoms with van der Waals surface area (Å²) in [4.78, 5) is 27.6. The molecule has 0 aromatic rings. The highest BCUT2D eigenvalue weighted by Gasteiger charge is 2.40. The van der Waals surface area contributed by atoms with Crippen LogP contribution in [0.25, 0.3) is 0 Å². The zero-order chi connectivity index (χ0) is 17.9. The minimum absolute atomic E-state index is 0.0787. The quantitative estimate of drug-likeness (QED) is 0.778. The highest BCUT2D eigenvalue weighted by molar-refractivity contribution is 8.00. The van der Waals surface area contributed by atoms with Crippen molar-refractivity contribution in [3.63, 3.8) is 0 Å². The van der Waals surface area contributed by atoms with Gasteiger partial charge >= 0.3 is 12.0 Å². The Morgan fingerprint density at radius 2 is 2.00 bits per heavy atom. The molecule has 2 N–H and O–H groups in total. The van der Waals surface area contributed by atoms with Gasteiger partial charge in [0.05, 0.1) is 6.54 Å². The highest BCUT2D eigenvalue weighted by Crippen LogP contribution is 2.42. The molecule has 7 heteroatoms. The van der Waals surface area contributed by atoms with E-state index in [4.69, 9.17) is 5.11 Å². The fraction of sp³-hybridized carbons (Fsp3) is 0.889. The maximum absolute atomic E-state index is 12.6. The number of urea groups is 1. The number of rotatable bonds is 5. The molecule has 0 aromatic heterocycles. The number of carboxylic acids is 1. The molecule has 0 bridgehead atoms. The normalized spacial score (nSPS) is 28.6. The van der Waals surface area contributed by atoms with Crippen molar-refractivity contribution >= 4 is 23.8 Å². The van der Waals surface area contributed by atoms with Crippen LogP contribution in [0.4, 0.5) is 4.79 Å². The van der Waals surface area contributed by atoms with Gasteiger partial charge in [0, 0.05) is 35.7 Å². The zero-order valence-corrected chi connectivity index (χ0v) is 16.0. The number of thioether (sulfide) groups is 1. The van der Waals surface area contributed by atoms with E-state index >= 15 is 0 Å². The molecule has 2 saturated carbocycles. The average Bonchev–Trinajstić information content (AvgIpc) is 2.56. The second-order valence-corrected chi connectivity index (χ2v) is 9.31. The van der Waals surface area contributed by atoms with Crippen LogP contribution >= 0.6 is 11.8 Å². The molecule has 2 aliphatic carbocycles. The lowest BCUT2D eigenvalue weighted by Crippen LogP contribution is -2.59. The molecule has 1 aliphatic heterocycles. The van der Waals surface area contributed by atoms with Crippen LogP contribution in [0.1, 0.15) is 51.9 Å². The molecule has 1 spiro atoms. The second-order valence-electron chi connectivity index (χ2n) is 7.74. The lowest BCUT2D eigenvalue weighted by atomic mass is 9.85. The van der Waals surface area contributed by atoms with Crippen molar-refractivity contribution in [1.82, 2.24) is 15.1 Å². The number of aliphatic carboxylic acids is 1. The minimum Gasteiger partial charge on any atom is -0.480 e. The molecule has 0 aromatic carbocycles. The first-order valence-electron chi connectivity index (χ1n) is 9.66. The molecule has 3 rings (SSSR count). The SMILES string of the molecule is CCN(CC(=O)O)C1CC(NC(=O)N2CCSC3(CCCCC3)C2)C1. The average molecular weight is 370 g/mol. The fourth-order valence-electron chi connectivity index (χ4n) is 4.46. The van der Waals surface area contributed by atoms with E-state index in [1.807, 2.05) is 16.7 Å². The van der Waals surface area contributed by atoms with E-state index < -0.39 is 5.97 Å². The summed E-state index contributed by atoms with van der Waals surface area (Å²) in [5.74, 6) is 0.265. The van der Waals surface area contributed by atoms with E-state index in [0.717, 1.165) is 38.2 Å². The standard InChI is InChI=1S/C18H31N3O3S/c1-2-20(12-16(22)23)15-10-14(11-15)19-17(24)21-8-9-25-18(13-21)6-4-3-5-7-18/h14-15H,2-13H2,1H3,(H,19,24)(H,22,23). The summed E-state index contributed by atoms with van der Waals surface area (Å²) in [6, 6.07) is 0.556. The summed E-state index contributed by atoms with van der Waals surface area (Å²) in [5, 5.41) is 12.1. The number of carbonyl (C=O) groups is 2. The van der Waals surface area contributed by atoms with Gasteiger partial charge in [-0.25, -0.2) is 4.79 Å². The van der Waals surface area contributed by atoms with Crippen molar-refractivity contribution in [3.05, 3.63) is 0 Å². The molecule has 142 valence electrons. The van der Waals surface area contributed by atoms with Crippen LogP contribution in [0.2, 0.25) is 0 Å². The Hall–Kier alpha value is -0.950. The van der Waals surface area contributed by atoms with Gasteiger partial charge in [-0.15, -0.1) is 0 Å². The van der Waals surface area contributed by atoms with Gasteiger partial charge in [0.2, 0.25) is 0 Å². The van der Waals surface area contributed by atoms with E-state index in [1.54, 1.807) is 0 Å². The molecule has 25 heavy (non-hydrogen) atoms. The number of amides is 2. The molecule has 0 radical (unpaired) electrons. The van der Waals surface area contributed by atoms with Crippen molar-refractivity contribution < 1.29 is 14.7 Å². The minimum atomic E-state index is -0.780. The number of hydrogen-bond acceptors (Lipinski definition) is 4. The molecule has 1 heterocycles. The summed E-state index contributed by atoms with van der Waals surface area (Å²) in [5.41, 5.74) is 0. The molecule has 2 amide bonds. The zero-order valence-electron chi connectivity index (χ0n) is 15.2. The summed E-state index contributed by atoms with van der Waals surface area (Å²) in [7, 11) is 0. The third kappa shape index (κ3) is 4.61. The lowest BCUT2D eigenvalue weighted by Gasteiger charge is -2.46. The third-order valence-corrected chi connectivity index (χ3v) is 7.54. The van der Waals surface area contributed by atoms with Crippen LogP contribution < -0.4 is 5.32 Å². The first kappa shape index (κ1) is 18.8. The Balaban J connectivity index is 1.45. The van der Waals surface area contributed by atoms with E-state index in [1.165, 1.54) is 32.1 Å². The molecular formula is C18H31N3O3S. The summed E-state index contributed by atoms with van der Waals surface area (Å²) in [6.45, 7) is 4.55. The molecular weight excluding hydrogens is 338 g/mol. The Morgan fingerprint density at radius 1 is 1.28 bits per heavy atom. The van der Waals surface area contributed by atoms with Crippen molar-refractivity contribution in [3.8, 4) is 0 Å². The van der Waals surface area contributed by atoms with Crippen LogP contribution in [-0.4, -0.2) is 75.7 Å². The molecule has 1 saturated heterocycles. The van der Waals surface area contributed by atoms with E-state index in [2.05, 4.69) is 17.1 Å². The third-order valence-electron chi connectivity index (χ3n) is 6.00. The maximum Gasteiger partial charge on any atom is 0.317 e. The lowest BCUT2D eigenvalue weighted by molar-refractivity contribution is -0.139. The summed E-state index contributed by atoms with van der Waals surface area (Å²) in [6.07, 6.45) is 8.14. The van der Waals surface area contributed by atoms with E-state index in [9.17, 15) is 9.59 Å². The van der Waals surface area contributed by atoms with Crippen LogP contribution in [0, 0.1) is 0 Å². The van der Waals surface area contributed by atoms with E-state index in [0.29, 0.717) is 4.75 Å². The van der Waals surface area contributed by atoms with Crippen LogP contribution in [0.5, 0.6) is 0 Å². The smallest absolute Gasteiger partial charge is 0.317 e. The van der Waals surface area contributed by atoms with E-state index in [-0.39, 0.29) is 24.7 Å². The number of likely N-dealkylation sites (N-methyl/N-ethyl adjacent to an activating group) is 1. The largest absolute Gasteiger partial charge is 0.480 e. The highest BCUT2D eigenvalue weighted by atomic mass is 32.2. The van der Waals surface area contributed by atoms with Crippen molar-refractivity contribution in [2.24, 2.45) is 0 Å². The van der Waals surface area contributed by atoms with Crippen LogP contribution in [-0.2, 0) is 4.79 Å². The van der Waals surface area contributed by atoms with Crippen LogP contribution in [0.3, 0.4) is 0 Å². The van der Waals surface area contributed by atoms with Crippen molar-refractivity contribution in [1.29, 1.82) is 0 Å². The van der Waals surface area contributed by atoms with Gasteiger partial charge in [0.1, 0.15) is 0 Å². The predicted molar refractivity (Wildman–Crippen MR) is 100 cm³/mol. The number of carbonyl (C=O) groups excluding carboxylic acids is 1. The first-order chi connectivity index (χ1) is 12.0. The Kier molecular flexibility index (Phi) is 6.15. The molecule has 0 atom stereocenters. The van der Waals surface area contributed by atoms with Gasteiger partial charge in [-0.05, 0) is 32.2 Å². The number of nitrogens with zero attached hydrogens (tertiary/aromatic N) is 2. The fourth-order valence-corrected chi connectivity index (χ4v) is 6.03. The van der Waals surface area contributed by atoms with Gasteiger partial charge < -0.3 is 15.3 Å². The maximum atomic E-state index is 12.6. The Morgan fingerprint density at radius 3 is 2.64 bits per heavy atom. The Labute approximate surface area is 154 Å². The van der Waals surface area contributed by atoms with Gasteiger partial charge in [-0.1, -0.05) is 26.2 Å². The Bertz CT molecular complexity index is 484. The van der Waals surface area contributed by atoms with Gasteiger partial charge in [-0.2, -0.15) is 11.8 Å². The van der Waals surface area contributed by atoms with Gasteiger partial charge in [0.15, 0.2) is 0 Å². The summed E-state index contributed by atoms with van der Waals surface area (Å²) >= 11 is 2.08. The monoisotopic (exact) mass is 369 g/mol. The predicted octanol–water partition coefficient (Wildman–Crippen LogP) is 2.39. The second kappa shape index (κ2) is 8.16. The summed E-state index contributed by atoms with van der Waals surface area (Å²) < 4.78 is 0.302. The van der Waals surface area contributed by atoms with Crippen molar-refractivity contribution in [2.75, 3.05) is 31.9 Å². The number of nitrogens with one attached hydrogen (secondary N) is 1. The topological polar surface area (TPSA) is 72.9 Å². The van der Waals surface area contributed by atoms with Crippen LogP contribution in [0.15, 0.2) is 0 Å². The number of carboxylic acid groups (broad SMARTS) is 1. The van der Waals surface area contributed by atoms with Gasteiger partial charge in [-0.3, -0.25) is 9.69 Å². The van der Waals surface area contributed by atoms with Crippen molar-refractivity contribution in [2.45, 2.75) is 68.7 Å². The first-order valence-corrected chi connectivity index (χ1v) is 10.6. The molecule has 3 fully saturated rings. The molecule has 3 aliphatic rings. The molecule has 6 nitrogen and oxygen atoms in total.